The molecule has 0 saturated heterocycles. The van der Waals surface area contributed by atoms with E-state index in [1.165, 1.54) is 22.0 Å². The molecular weight excluding hydrogens is 340 g/mol. The average molecular weight is 375 g/mol. The second-order valence-corrected chi connectivity index (χ2v) is 6.57. The number of aromatic nitrogens is 1. The van der Waals surface area contributed by atoms with E-state index in [4.69, 9.17) is 9.47 Å². The summed E-state index contributed by atoms with van der Waals surface area (Å²) >= 11 is 0. The van der Waals surface area contributed by atoms with E-state index in [1.807, 2.05) is 0 Å². The Morgan fingerprint density at radius 1 is 1.07 bits per heavy atom. The Balaban J connectivity index is 1.60. The third kappa shape index (κ3) is 7.23. The second-order valence-electron chi connectivity index (χ2n) is 6.57. The van der Waals surface area contributed by atoms with Gasteiger partial charge in [0.2, 0.25) is 0 Å². The fourth-order valence-corrected chi connectivity index (χ4v) is 2.99. The van der Waals surface area contributed by atoms with Crippen molar-refractivity contribution in [2.45, 2.75) is 33.1 Å². The Morgan fingerprint density at radius 3 is 2.63 bits per heavy atom. The lowest BCUT2D eigenvalue weighted by Crippen LogP contribution is -2.39. The standard InChI is InChI=1S/C21H34N4O2/c1-4-5-12-26-14-15-27-13-11-24-21(22-3)23-10-9-18-16-25-19-8-6-7-17(2)20(18)19/h6-8,16,25H,4-5,9-15H2,1-3H3,(H2,22,23,24). The highest BCUT2D eigenvalue weighted by molar-refractivity contribution is 5.86. The summed E-state index contributed by atoms with van der Waals surface area (Å²) in [5.74, 6) is 0.800. The first-order valence-electron chi connectivity index (χ1n) is 9.91. The van der Waals surface area contributed by atoms with Gasteiger partial charge in [-0.05, 0) is 37.0 Å². The van der Waals surface area contributed by atoms with Crippen molar-refractivity contribution in [3.63, 3.8) is 0 Å². The number of fused-ring (bicyclic) bond motifs is 1. The van der Waals surface area contributed by atoms with E-state index >= 15 is 0 Å². The number of aliphatic imine (C=N–C) groups is 1. The predicted octanol–water partition coefficient (Wildman–Crippen LogP) is 3.02. The van der Waals surface area contributed by atoms with Crippen molar-refractivity contribution in [1.29, 1.82) is 0 Å². The van der Waals surface area contributed by atoms with Crippen LogP contribution < -0.4 is 10.6 Å². The fourth-order valence-electron chi connectivity index (χ4n) is 2.99. The third-order valence-corrected chi connectivity index (χ3v) is 4.46. The number of guanidine groups is 1. The van der Waals surface area contributed by atoms with E-state index < -0.39 is 0 Å². The van der Waals surface area contributed by atoms with Crippen molar-refractivity contribution in [3.05, 3.63) is 35.5 Å². The van der Waals surface area contributed by atoms with E-state index in [0.717, 1.165) is 44.9 Å². The van der Waals surface area contributed by atoms with Crippen LogP contribution in [0.4, 0.5) is 0 Å². The molecular formula is C21H34N4O2. The minimum atomic E-state index is 0.636. The largest absolute Gasteiger partial charge is 0.379 e. The summed E-state index contributed by atoms with van der Waals surface area (Å²) in [6, 6.07) is 6.36. The van der Waals surface area contributed by atoms with E-state index in [9.17, 15) is 0 Å². The first-order valence-corrected chi connectivity index (χ1v) is 9.91. The van der Waals surface area contributed by atoms with E-state index in [-0.39, 0.29) is 0 Å². The van der Waals surface area contributed by atoms with Crippen LogP contribution in [-0.2, 0) is 15.9 Å². The molecule has 0 aliphatic carbocycles. The van der Waals surface area contributed by atoms with Gasteiger partial charge < -0.3 is 25.1 Å². The number of ether oxygens (including phenoxy) is 2. The molecule has 0 bridgehead atoms. The Morgan fingerprint density at radius 2 is 1.85 bits per heavy atom. The summed E-state index contributed by atoms with van der Waals surface area (Å²) in [5.41, 5.74) is 3.84. The lowest BCUT2D eigenvalue weighted by Gasteiger charge is -2.12. The van der Waals surface area contributed by atoms with Crippen LogP contribution in [0.1, 0.15) is 30.9 Å². The number of benzene rings is 1. The van der Waals surface area contributed by atoms with Gasteiger partial charge in [0.25, 0.3) is 0 Å². The number of hydrogen-bond acceptors (Lipinski definition) is 3. The summed E-state index contributed by atoms with van der Waals surface area (Å²) in [7, 11) is 1.79. The van der Waals surface area contributed by atoms with Gasteiger partial charge in [-0.3, -0.25) is 4.99 Å². The van der Waals surface area contributed by atoms with Gasteiger partial charge in [0.15, 0.2) is 5.96 Å². The lowest BCUT2D eigenvalue weighted by molar-refractivity contribution is 0.0487. The monoisotopic (exact) mass is 374 g/mol. The lowest BCUT2D eigenvalue weighted by atomic mass is 10.1. The second kappa shape index (κ2) is 12.4. The van der Waals surface area contributed by atoms with Crippen LogP contribution in [0, 0.1) is 6.92 Å². The zero-order chi connectivity index (χ0) is 19.3. The number of hydrogen-bond donors (Lipinski definition) is 3. The number of unbranched alkanes of at least 4 members (excludes halogenated alkanes) is 1. The zero-order valence-electron chi connectivity index (χ0n) is 16.9. The molecule has 1 heterocycles. The number of aryl methyl sites for hydroxylation is 1. The van der Waals surface area contributed by atoms with Crippen molar-refractivity contribution in [3.8, 4) is 0 Å². The molecule has 1 aromatic carbocycles. The first kappa shape index (κ1) is 21.3. The predicted molar refractivity (Wildman–Crippen MR) is 113 cm³/mol. The van der Waals surface area contributed by atoms with Gasteiger partial charge in [-0.25, -0.2) is 0 Å². The van der Waals surface area contributed by atoms with Crippen molar-refractivity contribution in [1.82, 2.24) is 15.6 Å². The maximum Gasteiger partial charge on any atom is 0.191 e. The maximum absolute atomic E-state index is 5.56. The molecule has 6 nitrogen and oxygen atoms in total. The molecule has 0 spiro atoms. The summed E-state index contributed by atoms with van der Waals surface area (Å²) in [4.78, 5) is 7.61. The van der Waals surface area contributed by atoms with Crippen LogP contribution in [-0.4, -0.2) is 57.5 Å². The van der Waals surface area contributed by atoms with Gasteiger partial charge in [-0.2, -0.15) is 0 Å². The van der Waals surface area contributed by atoms with Crippen molar-refractivity contribution >= 4 is 16.9 Å². The smallest absolute Gasteiger partial charge is 0.191 e. The molecule has 2 aromatic rings. The molecule has 6 heteroatoms. The Hall–Kier alpha value is -2.05. The molecule has 0 fully saturated rings. The van der Waals surface area contributed by atoms with E-state index in [1.54, 1.807) is 7.05 Å². The molecule has 150 valence electrons. The number of aromatic amines is 1. The van der Waals surface area contributed by atoms with Crippen molar-refractivity contribution < 1.29 is 9.47 Å². The number of nitrogens with zero attached hydrogens (tertiary/aromatic N) is 1. The minimum Gasteiger partial charge on any atom is -0.379 e. The molecule has 0 aliphatic rings. The van der Waals surface area contributed by atoms with Crippen LogP contribution in [0.3, 0.4) is 0 Å². The summed E-state index contributed by atoms with van der Waals surface area (Å²) in [5, 5.41) is 7.97. The van der Waals surface area contributed by atoms with Gasteiger partial charge in [0, 0.05) is 43.8 Å². The Labute approximate surface area is 162 Å². The average Bonchev–Trinajstić information content (AvgIpc) is 3.09. The SMILES string of the molecule is CCCCOCCOCCNC(=NC)NCCc1c[nH]c2cccc(C)c12. The molecule has 1 aromatic heterocycles. The molecule has 0 amide bonds. The summed E-state index contributed by atoms with van der Waals surface area (Å²) in [6.45, 7) is 8.63. The number of nitrogens with one attached hydrogen (secondary N) is 3. The molecule has 0 saturated carbocycles. The van der Waals surface area contributed by atoms with Gasteiger partial charge in [-0.15, -0.1) is 0 Å². The van der Waals surface area contributed by atoms with Gasteiger partial charge in [0.1, 0.15) is 0 Å². The van der Waals surface area contributed by atoms with Gasteiger partial charge >= 0.3 is 0 Å². The molecule has 0 atom stereocenters. The molecule has 0 radical (unpaired) electrons. The molecule has 27 heavy (non-hydrogen) atoms. The highest BCUT2D eigenvalue weighted by atomic mass is 16.5. The zero-order valence-corrected chi connectivity index (χ0v) is 16.9. The van der Waals surface area contributed by atoms with Gasteiger partial charge in [0.05, 0.1) is 19.8 Å². The Bertz CT molecular complexity index is 697. The Kier molecular flexibility index (Phi) is 9.73. The molecule has 2 rings (SSSR count). The summed E-state index contributed by atoms with van der Waals surface area (Å²) in [6.07, 6.45) is 5.32. The van der Waals surface area contributed by atoms with Crippen LogP contribution in [0.2, 0.25) is 0 Å². The van der Waals surface area contributed by atoms with Crippen LogP contribution in [0.25, 0.3) is 10.9 Å². The van der Waals surface area contributed by atoms with E-state index in [0.29, 0.717) is 19.8 Å². The quantitative estimate of drug-likeness (QED) is 0.303. The minimum absolute atomic E-state index is 0.636. The maximum atomic E-state index is 5.56. The number of rotatable bonds is 12. The molecule has 0 aliphatic heterocycles. The van der Waals surface area contributed by atoms with Crippen LogP contribution >= 0.6 is 0 Å². The number of H-pyrrole nitrogens is 1. The topological polar surface area (TPSA) is 70.7 Å². The van der Waals surface area contributed by atoms with E-state index in [2.05, 4.69) is 58.9 Å². The normalized spacial score (nSPS) is 11.9. The fraction of sp³-hybridized carbons (Fsp3) is 0.571. The highest BCUT2D eigenvalue weighted by Crippen LogP contribution is 2.22. The van der Waals surface area contributed by atoms with Crippen LogP contribution in [0.15, 0.2) is 29.4 Å². The first-order chi connectivity index (χ1) is 13.3. The van der Waals surface area contributed by atoms with Crippen LogP contribution in [0.5, 0.6) is 0 Å². The summed E-state index contributed by atoms with van der Waals surface area (Å²) < 4.78 is 11.0. The van der Waals surface area contributed by atoms with Crippen molar-refractivity contribution in [2.24, 2.45) is 4.99 Å². The van der Waals surface area contributed by atoms with Gasteiger partial charge in [-0.1, -0.05) is 25.5 Å². The van der Waals surface area contributed by atoms with Crippen molar-refractivity contribution in [2.75, 3.05) is 46.6 Å². The third-order valence-electron chi connectivity index (χ3n) is 4.46. The molecule has 0 unspecified atom stereocenters. The molecule has 3 N–H and O–H groups in total. The highest BCUT2D eigenvalue weighted by Gasteiger charge is 2.06.